The zero-order chi connectivity index (χ0) is 17.8. The van der Waals surface area contributed by atoms with E-state index in [9.17, 15) is 4.79 Å². The Morgan fingerprint density at radius 1 is 1.00 bits per heavy atom. The van der Waals surface area contributed by atoms with E-state index in [1.165, 1.54) is 12.7 Å². The van der Waals surface area contributed by atoms with Crippen LogP contribution in [0, 0.1) is 0 Å². The molecule has 0 aromatic heterocycles. The van der Waals surface area contributed by atoms with E-state index in [0.717, 1.165) is 24.3 Å². The van der Waals surface area contributed by atoms with Crippen molar-refractivity contribution >= 4 is 5.97 Å². The van der Waals surface area contributed by atoms with Gasteiger partial charge in [-0.1, -0.05) is 12.1 Å². The molecule has 0 unspecified atom stereocenters. The molecule has 1 aliphatic rings. The number of esters is 1. The first-order chi connectivity index (χ1) is 12.2. The van der Waals surface area contributed by atoms with Gasteiger partial charge >= 0.3 is 5.97 Å². The number of cyclic esters (lactones) is 1. The predicted molar refractivity (Wildman–Crippen MR) is 91.2 cm³/mol. The lowest BCUT2D eigenvalue weighted by molar-refractivity contribution is -0.727. The summed E-state index contributed by atoms with van der Waals surface area (Å²) in [7, 11) is 4.72. The highest BCUT2D eigenvalue weighted by atomic mass is 16.6. The molecule has 6 nitrogen and oxygen atoms in total. The fourth-order valence-electron chi connectivity index (χ4n) is 3.00. The molecule has 0 spiro atoms. The van der Waals surface area contributed by atoms with Gasteiger partial charge in [0, 0.05) is 6.42 Å². The quantitative estimate of drug-likeness (QED) is 0.774. The van der Waals surface area contributed by atoms with Crippen LogP contribution in [-0.4, -0.2) is 33.8 Å². The summed E-state index contributed by atoms with van der Waals surface area (Å²) in [4.78, 5) is 12.2. The summed E-state index contributed by atoms with van der Waals surface area (Å²) in [6.07, 6.45) is 0.501. The molecular formula is C19H22NO5+. The number of hydrogen-bond acceptors (Lipinski definition) is 5. The van der Waals surface area contributed by atoms with Gasteiger partial charge in [0.15, 0.2) is 11.5 Å². The Bertz CT molecular complexity index is 757. The van der Waals surface area contributed by atoms with E-state index in [-0.39, 0.29) is 12.2 Å². The van der Waals surface area contributed by atoms with E-state index in [1.54, 1.807) is 20.3 Å². The molecule has 0 fully saturated rings. The van der Waals surface area contributed by atoms with Crippen LogP contribution in [0.3, 0.4) is 0 Å². The molecule has 2 aromatic carbocycles. The number of nitrogens with two attached hydrogens (primary N) is 1. The largest absolute Gasteiger partial charge is 0.497 e. The monoisotopic (exact) mass is 344 g/mol. The van der Waals surface area contributed by atoms with Gasteiger partial charge < -0.3 is 24.3 Å². The number of hydrogen-bond donors (Lipinski definition) is 1. The van der Waals surface area contributed by atoms with Gasteiger partial charge in [0.1, 0.15) is 11.3 Å². The van der Waals surface area contributed by atoms with E-state index >= 15 is 0 Å². The summed E-state index contributed by atoms with van der Waals surface area (Å²) < 4.78 is 21.2. The van der Waals surface area contributed by atoms with Crippen LogP contribution in [0.1, 0.15) is 27.7 Å². The van der Waals surface area contributed by atoms with Crippen LogP contribution in [-0.2, 0) is 11.2 Å². The number of methoxy groups -OCH3 is 3. The normalized spacial score (nSPS) is 15.5. The molecule has 0 radical (unpaired) electrons. The van der Waals surface area contributed by atoms with E-state index in [0.29, 0.717) is 17.1 Å². The van der Waals surface area contributed by atoms with Gasteiger partial charge in [-0.2, -0.15) is 0 Å². The first-order valence-corrected chi connectivity index (χ1v) is 8.10. The van der Waals surface area contributed by atoms with Gasteiger partial charge in [0.05, 0.1) is 33.4 Å². The first kappa shape index (κ1) is 17.1. The van der Waals surface area contributed by atoms with Crippen molar-refractivity contribution in [2.24, 2.45) is 0 Å². The van der Waals surface area contributed by atoms with E-state index in [4.69, 9.17) is 18.9 Å². The Morgan fingerprint density at radius 3 is 2.40 bits per heavy atom. The van der Waals surface area contributed by atoms with Crippen molar-refractivity contribution in [3.63, 3.8) is 0 Å². The van der Waals surface area contributed by atoms with Gasteiger partial charge in [0.25, 0.3) is 6.23 Å². The van der Waals surface area contributed by atoms with Crippen LogP contribution in [0.5, 0.6) is 17.2 Å². The lowest BCUT2D eigenvalue weighted by Gasteiger charge is -2.11. The molecule has 0 aliphatic carbocycles. The summed E-state index contributed by atoms with van der Waals surface area (Å²) in [6, 6.07) is 11.6. The van der Waals surface area contributed by atoms with Crippen molar-refractivity contribution in [2.45, 2.75) is 12.6 Å². The average molecular weight is 344 g/mol. The van der Waals surface area contributed by atoms with E-state index < -0.39 is 0 Å². The molecule has 0 bridgehead atoms. The second-order valence-electron chi connectivity index (χ2n) is 5.71. The molecule has 0 saturated carbocycles. The molecule has 2 aromatic rings. The molecule has 2 N–H and O–H groups in total. The lowest BCUT2D eigenvalue weighted by Crippen LogP contribution is -2.85. The maximum Gasteiger partial charge on any atom is 0.347 e. The summed E-state index contributed by atoms with van der Waals surface area (Å²) in [5.41, 5.74) is 2.47. The van der Waals surface area contributed by atoms with Crippen molar-refractivity contribution in [3.8, 4) is 17.2 Å². The Morgan fingerprint density at radius 2 is 1.76 bits per heavy atom. The number of carbonyl (C=O) groups is 1. The highest BCUT2D eigenvalue weighted by Crippen LogP contribution is 2.39. The Labute approximate surface area is 146 Å². The van der Waals surface area contributed by atoms with Gasteiger partial charge in [-0.15, -0.1) is 0 Å². The Balaban J connectivity index is 1.68. The average Bonchev–Trinajstić information content (AvgIpc) is 2.97. The maximum atomic E-state index is 12.2. The topological polar surface area (TPSA) is 70.6 Å². The van der Waals surface area contributed by atoms with Gasteiger partial charge in [-0.25, -0.2) is 4.79 Å². The molecule has 1 atom stereocenters. The van der Waals surface area contributed by atoms with Crippen molar-refractivity contribution in [3.05, 3.63) is 53.1 Å². The fraction of sp³-hybridized carbons (Fsp3) is 0.316. The molecule has 0 amide bonds. The predicted octanol–water partition coefficient (Wildman–Crippen LogP) is 1.69. The van der Waals surface area contributed by atoms with Crippen molar-refractivity contribution < 1.29 is 29.1 Å². The molecule has 1 heterocycles. The third-order valence-corrected chi connectivity index (χ3v) is 4.30. The third-order valence-electron chi connectivity index (χ3n) is 4.30. The van der Waals surface area contributed by atoms with Crippen LogP contribution in [0.2, 0.25) is 0 Å². The molecule has 0 saturated heterocycles. The SMILES string of the molecule is COc1ccc(CC[NH2+][C@@H]2OC(=O)c3c2ccc(OC)c3OC)cc1. The second kappa shape index (κ2) is 7.44. The lowest BCUT2D eigenvalue weighted by atomic mass is 10.1. The van der Waals surface area contributed by atoms with Crippen LogP contribution in [0.4, 0.5) is 0 Å². The Kier molecular flexibility index (Phi) is 5.09. The number of carbonyl (C=O) groups excluding carboxylic acids is 1. The smallest absolute Gasteiger partial charge is 0.347 e. The number of quaternary nitrogens is 1. The van der Waals surface area contributed by atoms with Gasteiger partial charge in [0.2, 0.25) is 0 Å². The third kappa shape index (κ3) is 3.39. The standard InChI is InChI=1S/C19H21NO5/c1-22-13-6-4-12(5-7-13)10-11-20-18-14-8-9-15(23-2)17(24-3)16(14)19(21)25-18/h4-9,18,20H,10-11H2,1-3H3/p+1/t18-/m1/s1. The molecular weight excluding hydrogens is 322 g/mol. The minimum atomic E-state index is -0.378. The molecule has 132 valence electrons. The molecule has 1 aliphatic heterocycles. The number of rotatable bonds is 7. The summed E-state index contributed by atoms with van der Waals surface area (Å²) in [5, 5.41) is 2.01. The van der Waals surface area contributed by atoms with Gasteiger partial charge in [-0.3, -0.25) is 0 Å². The van der Waals surface area contributed by atoms with Crippen LogP contribution in [0.25, 0.3) is 0 Å². The van der Waals surface area contributed by atoms with Crippen molar-refractivity contribution in [2.75, 3.05) is 27.9 Å². The van der Waals surface area contributed by atoms with Crippen LogP contribution < -0.4 is 19.5 Å². The zero-order valence-corrected chi connectivity index (χ0v) is 14.6. The molecule has 3 rings (SSSR count). The highest BCUT2D eigenvalue weighted by molar-refractivity contribution is 5.97. The zero-order valence-electron chi connectivity index (χ0n) is 14.6. The van der Waals surface area contributed by atoms with Gasteiger partial charge in [-0.05, 0) is 29.8 Å². The summed E-state index contributed by atoms with van der Waals surface area (Å²) in [5.74, 6) is 1.41. The maximum absolute atomic E-state index is 12.2. The van der Waals surface area contributed by atoms with Crippen LogP contribution in [0.15, 0.2) is 36.4 Å². The van der Waals surface area contributed by atoms with Crippen molar-refractivity contribution in [1.82, 2.24) is 0 Å². The first-order valence-electron chi connectivity index (χ1n) is 8.10. The highest BCUT2D eigenvalue weighted by Gasteiger charge is 2.37. The fourth-order valence-corrected chi connectivity index (χ4v) is 3.00. The summed E-state index contributed by atoms with van der Waals surface area (Å²) in [6.45, 7) is 0.790. The minimum Gasteiger partial charge on any atom is -0.497 e. The number of benzene rings is 2. The Hall–Kier alpha value is -2.73. The van der Waals surface area contributed by atoms with E-state index in [1.807, 2.05) is 35.6 Å². The van der Waals surface area contributed by atoms with Crippen LogP contribution >= 0.6 is 0 Å². The van der Waals surface area contributed by atoms with E-state index in [2.05, 4.69) is 0 Å². The molecule has 6 heteroatoms. The number of ether oxygens (including phenoxy) is 4. The summed E-state index contributed by atoms with van der Waals surface area (Å²) >= 11 is 0. The minimum absolute atomic E-state index is 0.361. The van der Waals surface area contributed by atoms with Crippen molar-refractivity contribution in [1.29, 1.82) is 0 Å². The molecule has 25 heavy (non-hydrogen) atoms. The number of fused-ring (bicyclic) bond motifs is 1. The second-order valence-corrected chi connectivity index (χ2v) is 5.71.